The van der Waals surface area contributed by atoms with Gasteiger partial charge in [-0.2, -0.15) is 0 Å². The summed E-state index contributed by atoms with van der Waals surface area (Å²) in [5.74, 6) is 3.33. The second-order valence-corrected chi connectivity index (χ2v) is 11.4. The van der Waals surface area contributed by atoms with Crippen LogP contribution in [0.1, 0.15) is 111 Å². The van der Waals surface area contributed by atoms with Crippen molar-refractivity contribution in [2.45, 2.75) is 105 Å². The summed E-state index contributed by atoms with van der Waals surface area (Å²) in [6.45, 7) is 25.8. The van der Waals surface area contributed by atoms with Crippen molar-refractivity contribution in [3.8, 4) is 0 Å². The smallest absolute Gasteiger partial charge is 0.0989 e. The van der Waals surface area contributed by atoms with E-state index in [1.165, 1.54) is 42.5 Å². The molecule has 1 spiro atoms. The van der Waals surface area contributed by atoms with Crippen LogP contribution in [0.3, 0.4) is 0 Å². The minimum atomic E-state index is 0.110. The lowest BCUT2D eigenvalue weighted by Gasteiger charge is -2.45. The second kappa shape index (κ2) is 7.69. The van der Waals surface area contributed by atoms with Gasteiger partial charge in [0.05, 0.1) is 6.54 Å². The van der Waals surface area contributed by atoms with Crippen molar-refractivity contribution < 1.29 is 0 Å². The van der Waals surface area contributed by atoms with E-state index in [4.69, 9.17) is 0 Å². The van der Waals surface area contributed by atoms with Crippen LogP contribution in [-0.4, -0.2) is 5.54 Å². The van der Waals surface area contributed by atoms with Gasteiger partial charge >= 0.3 is 0 Å². The monoisotopic (exact) mass is 381 g/mol. The standard InChI is InChI=1S/C27H43N/c1-18(2)22-11-10-12-23(19(3)4)25(22)28-17-27(16-26(28,8)9)15-21(7)13-14-24(27)20(5)6/h10-12,18-21,24H,13-16H2,1-9H3. The molecule has 1 saturated carbocycles. The van der Waals surface area contributed by atoms with E-state index in [0.717, 1.165) is 17.8 Å². The summed E-state index contributed by atoms with van der Waals surface area (Å²) in [4.78, 5) is 2.60. The summed E-state index contributed by atoms with van der Waals surface area (Å²) in [6.07, 6.45) is 5.28. The van der Waals surface area contributed by atoms with E-state index < -0.39 is 0 Å². The molecule has 0 N–H and O–H groups in total. The number of anilines is 1. The number of hydrogen-bond donors (Lipinski definition) is 0. The largest absolute Gasteiger partial charge is 0.355 e. The van der Waals surface area contributed by atoms with Crippen molar-refractivity contribution in [3.05, 3.63) is 35.9 Å². The highest BCUT2D eigenvalue weighted by Gasteiger charge is 2.56. The van der Waals surface area contributed by atoms with E-state index in [2.05, 4.69) is 92.0 Å². The van der Waals surface area contributed by atoms with Gasteiger partial charge in [0, 0.05) is 16.6 Å². The zero-order chi connectivity index (χ0) is 20.9. The van der Waals surface area contributed by atoms with E-state index in [0.29, 0.717) is 11.8 Å². The van der Waals surface area contributed by atoms with Crippen molar-refractivity contribution in [2.24, 2.45) is 23.2 Å². The van der Waals surface area contributed by atoms with Crippen LogP contribution < -0.4 is 4.90 Å². The fourth-order valence-corrected chi connectivity index (χ4v) is 6.31. The van der Waals surface area contributed by atoms with Crippen LogP contribution in [0.4, 0.5) is 5.69 Å². The molecule has 2 fully saturated rings. The summed E-state index contributed by atoms with van der Waals surface area (Å²) < 4.78 is 0. The Kier molecular flexibility index (Phi) is 5.97. The Morgan fingerprint density at radius 2 is 1.54 bits per heavy atom. The van der Waals surface area contributed by atoms with Crippen LogP contribution in [0.5, 0.6) is 0 Å². The molecular formula is C27H43N. The Morgan fingerprint density at radius 1 is 0.964 bits per heavy atom. The lowest BCUT2D eigenvalue weighted by atomic mass is 9.58. The van der Waals surface area contributed by atoms with Gasteiger partial charge in [-0.3, -0.25) is 0 Å². The molecule has 1 aliphatic heterocycles. The predicted octanol–water partition coefficient (Wildman–Crippen LogP) is 8.04. The molecular weight excluding hydrogens is 338 g/mol. The average Bonchev–Trinajstić information content (AvgIpc) is 2.83. The summed E-state index contributed by atoms with van der Waals surface area (Å²) in [6, 6.07) is 6.95. The van der Waals surface area contributed by atoms with E-state index in [-0.39, 0.29) is 11.0 Å². The van der Waals surface area contributed by atoms with Crippen LogP contribution in [-0.2, 0) is 0 Å². The lowest BCUT2D eigenvalue weighted by molar-refractivity contribution is 0.0611. The minimum absolute atomic E-state index is 0.110. The Balaban J connectivity index is 2.11. The minimum Gasteiger partial charge on any atom is -0.355 e. The van der Waals surface area contributed by atoms with Crippen LogP contribution in [0.2, 0.25) is 0 Å². The highest BCUT2D eigenvalue weighted by atomic mass is 15.2. The molecule has 1 nitrogen and oxygen atoms in total. The van der Waals surface area contributed by atoms with E-state index in [1.54, 1.807) is 0 Å². The predicted molar refractivity (Wildman–Crippen MR) is 123 cm³/mol. The molecule has 0 aromatic heterocycles. The fraction of sp³-hybridized carbons (Fsp3) is 0.741. The van der Waals surface area contributed by atoms with Gasteiger partial charge < -0.3 is 4.90 Å². The molecule has 3 rings (SSSR count). The first-order chi connectivity index (χ1) is 13.0. The van der Waals surface area contributed by atoms with Crippen molar-refractivity contribution in [2.75, 3.05) is 4.90 Å². The third-order valence-electron chi connectivity index (χ3n) is 7.45. The maximum Gasteiger partial charge on any atom is 0.0989 e. The number of rotatable bonds is 4. The maximum absolute atomic E-state index is 4.20. The molecule has 0 bridgehead atoms. The zero-order valence-corrected chi connectivity index (χ0v) is 19.9. The van der Waals surface area contributed by atoms with Crippen molar-refractivity contribution >= 4 is 5.69 Å². The highest BCUT2D eigenvalue weighted by molar-refractivity contribution is 5.66. The molecule has 28 heavy (non-hydrogen) atoms. The first kappa shape index (κ1) is 21.7. The molecule has 1 aliphatic carbocycles. The van der Waals surface area contributed by atoms with E-state index in [1.807, 2.05) is 0 Å². The average molecular weight is 382 g/mol. The van der Waals surface area contributed by atoms with Gasteiger partial charge in [-0.25, -0.2) is 0 Å². The van der Waals surface area contributed by atoms with E-state index >= 15 is 0 Å². The van der Waals surface area contributed by atoms with Gasteiger partial charge in [0.25, 0.3) is 0 Å². The summed E-state index contributed by atoms with van der Waals surface area (Å²) in [7, 11) is 0. The van der Waals surface area contributed by atoms with Gasteiger partial charge in [0.2, 0.25) is 0 Å². The molecule has 3 unspecified atom stereocenters. The normalized spacial score (nSPS) is 30.2. The van der Waals surface area contributed by atoms with Crippen LogP contribution in [0.25, 0.3) is 0 Å². The molecule has 3 atom stereocenters. The van der Waals surface area contributed by atoms with E-state index in [9.17, 15) is 0 Å². The van der Waals surface area contributed by atoms with Gasteiger partial charge in [0.1, 0.15) is 0 Å². The second-order valence-electron chi connectivity index (χ2n) is 11.4. The number of para-hydroxylation sites is 1. The Morgan fingerprint density at radius 3 is 2.04 bits per heavy atom. The first-order valence-electron chi connectivity index (χ1n) is 11.7. The molecule has 0 amide bonds. The highest BCUT2D eigenvalue weighted by Crippen LogP contribution is 2.60. The first-order valence-corrected chi connectivity index (χ1v) is 11.7. The Hall–Kier alpha value is -0.980. The van der Waals surface area contributed by atoms with Gasteiger partial charge in [-0.1, -0.05) is 73.1 Å². The topological polar surface area (TPSA) is 3.24 Å². The lowest BCUT2D eigenvalue weighted by Crippen LogP contribution is -2.39. The molecule has 1 aromatic rings. The summed E-state index contributed by atoms with van der Waals surface area (Å²) in [5, 5.41) is 0. The number of benzene rings is 1. The Bertz CT molecular complexity index is 657. The summed E-state index contributed by atoms with van der Waals surface area (Å²) in [5.41, 5.74) is 4.75. The van der Waals surface area contributed by atoms with Crippen LogP contribution in [0, 0.1) is 29.7 Å². The fourth-order valence-electron chi connectivity index (χ4n) is 6.31. The number of hydrogen-bond acceptors (Lipinski definition) is 1. The Labute approximate surface area is 175 Å². The van der Waals surface area contributed by atoms with Crippen molar-refractivity contribution in [1.82, 2.24) is 0 Å². The molecule has 1 saturated heterocycles. The molecule has 156 valence electrons. The third kappa shape index (κ3) is 3.75. The van der Waals surface area contributed by atoms with Crippen LogP contribution >= 0.6 is 0 Å². The van der Waals surface area contributed by atoms with Gasteiger partial charge in [-0.05, 0) is 73.8 Å². The molecule has 2 radical (unpaired) electrons. The molecule has 1 aromatic carbocycles. The zero-order valence-electron chi connectivity index (χ0n) is 19.9. The summed E-state index contributed by atoms with van der Waals surface area (Å²) >= 11 is 0. The third-order valence-corrected chi connectivity index (χ3v) is 7.45. The van der Waals surface area contributed by atoms with Gasteiger partial charge in [-0.15, -0.1) is 0 Å². The SMILES string of the molecule is CC1CCC(C(C)C)C2([C]N(c3c(C(C)C)cccc3C(C)C)C(C)(C)C2)C1. The maximum atomic E-state index is 4.20. The number of nitrogens with zero attached hydrogens (tertiary/aromatic N) is 1. The quantitative estimate of drug-likeness (QED) is 0.510. The van der Waals surface area contributed by atoms with Gasteiger partial charge in [0.15, 0.2) is 0 Å². The molecule has 2 aliphatic rings. The van der Waals surface area contributed by atoms with Crippen molar-refractivity contribution in [1.29, 1.82) is 0 Å². The molecule has 1 heteroatoms. The van der Waals surface area contributed by atoms with Crippen molar-refractivity contribution in [3.63, 3.8) is 0 Å². The van der Waals surface area contributed by atoms with Crippen LogP contribution in [0.15, 0.2) is 18.2 Å². The molecule has 1 heterocycles.